The molecule has 2 saturated heterocycles. The minimum atomic E-state index is -0.251. The molecule has 5 heterocycles. The van der Waals surface area contributed by atoms with Crippen molar-refractivity contribution in [3.05, 3.63) is 36.5 Å². The van der Waals surface area contributed by atoms with Gasteiger partial charge in [-0.1, -0.05) is 6.07 Å². The molecule has 2 unspecified atom stereocenters. The maximum atomic E-state index is 6.00. The largest absolute Gasteiger partial charge is 0.476 e. The number of piperazine rings is 1. The van der Waals surface area contributed by atoms with E-state index in [0.717, 1.165) is 65.3 Å². The highest BCUT2D eigenvalue weighted by Gasteiger charge is 2.45. The third-order valence-electron chi connectivity index (χ3n) is 6.33. The average Bonchev–Trinajstić information content (AvgIpc) is 3.25. The van der Waals surface area contributed by atoms with E-state index in [-0.39, 0.29) is 18.1 Å². The summed E-state index contributed by atoms with van der Waals surface area (Å²) in [7, 11) is 0. The second-order valence-electron chi connectivity index (χ2n) is 10.0. The molecule has 9 nitrogen and oxygen atoms in total. The molecule has 4 aromatic rings. The van der Waals surface area contributed by atoms with Crippen molar-refractivity contribution in [2.75, 3.05) is 37.7 Å². The summed E-state index contributed by atoms with van der Waals surface area (Å²) in [6, 6.07) is 10.6. The maximum absolute atomic E-state index is 6.00. The fourth-order valence-corrected chi connectivity index (χ4v) is 4.72. The number of hydrogen-bond donors (Lipinski definition) is 2. The van der Waals surface area contributed by atoms with Gasteiger partial charge in [0.2, 0.25) is 18.1 Å². The number of aromatic nitrogens is 4. The zero-order valence-corrected chi connectivity index (χ0v) is 20.7. The van der Waals surface area contributed by atoms with Gasteiger partial charge in [-0.05, 0) is 52.0 Å². The number of benzene rings is 1. The number of fused-ring (bicyclic) bond motifs is 3. The van der Waals surface area contributed by atoms with Crippen LogP contribution in [0.2, 0.25) is 0 Å². The third kappa shape index (κ3) is 4.24. The number of H-pyrrole nitrogens is 1. The van der Waals surface area contributed by atoms with Crippen LogP contribution in [0, 0.1) is 0 Å². The highest BCUT2D eigenvalue weighted by molar-refractivity contribution is 6.07. The van der Waals surface area contributed by atoms with Crippen LogP contribution in [-0.2, 0) is 9.47 Å². The van der Waals surface area contributed by atoms with Crippen LogP contribution in [0.25, 0.3) is 33.2 Å². The monoisotopic (exact) mass is 476 g/mol. The van der Waals surface area contributed by atoms with Crippen LogP contribution in [0.15, 0.2) is 36.5 Å². The van der Waals surface area contributed by atoms with Crippen LogP contribution >= 0.6 is 0 Å². The molecule has 0 radical (unpaired) electrons. The van der Waals surface area contributed by atoms with Crippen molar-refractivity contribution in [2.45, 2.75) is 45.8 Å². The molecule has 0 amide bonds. The summed E-state index contributed by atoms with van der Waals surface area (Å²) in [5, 5.41) is 4.44. The number of hydrogen-bond acceptors (Lipinski definition) is 7. The van der Waals surface area contributed by atoms with E-state index in [1.807, 2.05) is 40.0 Å². The first-order valence-corrected chi connectivity index (χ1v) is 12.3. The number of epoxide rings is 1. The Morgan fingerprint density at radius 3 is 2.74 bits per heavy atom. The molecule has 2 N–H and O–H groups in total. The lowest BCUT2D eigenvalue weighted by molar-refractivity contribution is -0.0572. The summed E-state index contributed by atoms with van der Waals surface area (Å²) >= 11 is 0. The highest BCUT2D eigenvalue weighted by Crippen LogP contribution is 2.41. The minimum absolute atomic E-state index is 0.116. The molecule has 2 aliphatic heterocycles. The summed E-state index contributed by atoms with van der Waals surface area (Å²) in [4.78, 5) is 15.5. The number of anilines is 1. The van der Waals surface area contributed by atoms with Gasteiger partial charge in [-0.2, -0.15) is 4.98 Å². The third-order valence-corrected chi connectivity index (χ3v) is 6.33. The van der Waals surface area contributed by atoms with E-state index in [1.54, 1.807) is 0 Å². The van der Waals surface area contributed by atoms with E-state index in [2.05, 4.69) is 44.0 Å². The van der Waals surface area contributed by atoms with Crippen LogP contribution in [0.1, 0.15) is 33.9 Å². The number of nitrogens with zero attached hydrogens (tertiary/aromatic N) is 4. The quantitative estimate of drug-likeness (QED) is 0.406. The number of nitrogens with one attached hydrogen (secondary N) is 2. The van der Waals surface area contributed by atoms with Crippen LogP contribution in [-0.4, -0.2) is 64.2 Å². The van der Waals surface area contributed by atoms with Gasteiger partial charge in [0.25, 0.3) is 0 Å². The molecule has 35 heavy (non-hydrogen) atoms. The predicted octanol–water partition coefficient (Wildman–Crippen LogP) is 4.06. The van der Waals surface area contributed by atoms with Crippen molar-refractivity contribution >= 4 is 27.9 Å². The molecular weight excluding hydrogens is 444 g/mol. The van der Waals surface area contributed by atoms with Gasteiger partial charge >= 0.3 is 0 Å². The Kier molecular flexibility index (Phi) is 5.43. The molecule has 0 bridgehead atoms. The highest BCUT2D eigenvalue weighted by atomic mass is 16.8. The van der Waals surface area contributed by atoms with Crippen molar-refractivity contribution < 1.29 is 14.2 Å². The van der Waals surface area contributed by atoms with Crippen LogP contribution in [0.4, 0.5) is 5.95 Å². The topological polar surface area (TPSA) is 92.8 Å². The molecule has 2 aliphatic rings. The van der Waals surface area contributed by atoms with Crippen LogP contribution < -0.4 is 15.0 Å². The van der Waals surface area contributed by atoms with E-state index >= 15 is 0 Å². The summed E-state index contributed by atoms with van der Waals surface area (Å²) in [6.45, 7) is 12.2. The van der Waals surface area contributed by atoms with E-state index < -0.39 is 0 Å². The molecule has 2 atom stereocenters. The number of ether oxygens (including phenoxy) is 3. The van der Waals surface area contributed by atoms with Gasteiger partial charge in [-0.3, -0.25) is 0 Å². The molecule has 0 aliphatic carbocycles. The standard InChI is InChI=1S/C26H32N6O3/c1-5-33-22-21-20(29-25(30-22)31-13-10-27-11-14-31)17-9-8-16(15-18(17)28-21)19-7-6-12-32(19)23-24(34-23)35-26(2,3)4/h6-9,12,15,23-24,27-28H,5,10-11,13-14H2,1-4H3. The Balaban J connectivity index is 1.38. The van der Waals surface area contributed by atoms with Crippen molar-refractivity contribution in [1.29, 1.82) is 0 Å². The summed E-state index contributed by atoms with van der Waals surface area (Å²) in [6.07, 6.45) is 1.69. The lowest BCUT2D eigenvalue weighted by atomic mass is 10.1. The molecule has 0 saturated carbocycles. The van der Waals surface area contributed by atoms with E-state index in [0.29, 0.717) is 12.5 Å². The Labute approximate surface area is 204 Å². The molecule has 9 heteroatoms. The Morgan fingerprint density at radius 1 is 1.14 bits per heavy atom. The first kappa shape index (κ1) is 22.3. The summed E-state index contributed by atoms with van der Waals surface area (Å²) in [5.74, 6) is 1.32. The predicted molar refractivity (Wildman–Crippen MR) is 136 cm³/mol. The van der Waals surface area contributed by atoms with Gasteiger partial charge in [-0.25, -0.2) is 4.98 Å². The number of rotatable bonds is 6. The molecule has 6 rings (SSSR count). The van der Waals surface area contributed by atoms with Crippen molar-refractivity contribution in [3.63, 3.8) is 0 Å². The normalized spacial score (nSPS) is 20.6. The second kappa shape index (κ2) is 8.51. The van der Waals surface area contributed by atoms with E-state index in [4.69, 9.17) is 24.2 Å². The van der Waals surface area contributed by atoms with E-state index in [1.165, 1.54) is 0 Å². The van der Waals surface area contributed by atoms with Gasteiger partial charge in [0.15, 0.2) is 6.23 Å². The molecule has 3 aromatic heterocycles. The molecule has 184 valence electrons. The van der Waals surface area contributed by atoms with Gasteiger partial charge in [-0.15, -0.1) is 0 Å². The van der Waals surface area contributed by atoms with Crippen LogP contribution in [0.5, 0.6) is 5.88 Å². The van der Waals surface area contributed by atoms with Gasteiger partial charge in [0, 0.05) is 48.8 Å². The van der Waals surface area contributed by atoms with Crippen molar-refractivity contribution in [1.82, 2.24) is 24.8 Å². The Bertz CT molecular complexity index is 1360. The summed E-state index contributed by atoms with van der Waals surface area (Å²) in [5.41, 5.74) is 4.63. The SMILES string of the molecule is CCOc1nc(N2CCNCC2)nc2c1[nH]c1cc(-c3cccn3C3OC3OC(C)(C)C)ccc12. The fourth-order valence-electron chi connectivity index (χ4n) is 4.72. The maximum Gasteiger partial charge on any atom is 0.243 e. The van der Waals surface area contributed by atoms with E-state index in [9.17, 15) is 0 Å². The van der Waals surface area contributed by atoms with Gasteiger partial charge < -0.3 is 34.0 Å². The molecule has 0 spiro atoms. The molecular formula is C26H32N6O3. The van der Waals surface area contributed by atoms with Gasteiger partial charge in [0.05, 0.1) is 17.9 Å². The molecule has 1 aromatic carbocycles. The zero-order valence-electron chi connectivity index (χ0n) is 20.7. The van der Waals surface area contributed by atoms with Crippen molar-refractivity contribution in [3.8, 4) is 17.1 Å². The van der Waals surface area contributed by atoms with Crippen LogP contribution in [0.3, 0.4) is 0 Å². The minimum Gasteiger partial charge on any atom is -0.476 e. The first-order valence-electron chi connectivity index (χ1n) is 12.3. The zero-order chi connectivity index (χ0) is 24.2. The lowest BCUT2D eigenvalue weighted by Gasteiger charge is -2.27. The fraction of sp³-hybridized carbons (Fsp3) is 0.462. The summed E-state index contributed by atoms with van der Waals surface area (Å²) < 4.78 is 19.9. The average molecular weight is 477 g/mol. The first-order chi connectivity index (χ1) is 16.9. The molecule has 2 fully saturated rings. The number of aromatic amines is 1. The van der Waals surface area contributed by atoms with Crippen molar-refractivity contribution in [2.24, 2.45) is 0 Å². The Hall–Kier alpha value is -3.14. The van der Waals surface area contributed by atoms with Gasteiger partial charge in [0.1, 0.15) is 11.0 Å². The Morgan fingerprint density at radius 2 is 1.97 bits per heavy atom. The smallest absolute Gasteiger partial charge is 0.243 e. The lowest BCUT2D eigenvalue weighted by Crippen LogP contribution is -2.44. The second-order valence-corrected chi connectivity index (χ2v) is 10.0.